The van der Waals surface area contributed by atoms with Crippen LogP contribution in [0.3, 0.4) is 0 Å². The summed E-state index contributed by atoms with van der Waals surface area (Å²) in [6.07, 6.45) is 10.8. The second kappa shape index (κ2) is 8.59. The van der Waals surface area contributed by atoms with E-state index in [1.165, 1.54) is 31.1 Å². The second-order valence-electron chi connectivity index (χ2n) is 3.74. The third kappa shape index (κ3) is 4.15. The fraction of sp³-hybridized carbons (Fsp3) is 1.00. The molecule has 0 aromatic heterocycles. The lowest BCUT2D eigenvalue weighted by atomic mass is 9.75. The van der Waals surface area contributed by atoms with Crippen LogP contribution in [-0.4, -0.2) is 0 Å². The number of hydrogen-bond donors (Lipinski definition) is 0. The summed E-state index contributed by atoms with van der Waals surface area (Å²) in [7, 11) is 0. The van der Waals surface area contributed by atoms with Gasteiger partial charge in [-0.2, -0.15) is 0 Å². The highest BCUT2D eigenvalue weighted by atomic mass is 14.3. The Labute approximate surface area is 85.1 Å². The van der Waals surface area contributed by atoms with Gasteiger partial charge in [-0.1, -0.05) is 72.6 Å². The molecule has 0 unspecified atom stereocenters. The van der Waals surface area contributed by atoms with Crippen molar-refractivity contribution in [1.82, 2.24) is 0 Å². The molecule has 0 heteroatoms. The van der Waals surface area contributed by atoms with Crippen LogP contribution in [0.1, 0.15) is 72.6 Å². The molecule has 80 valence electrons. The Morgan fingerprint density at radius 2 is 0.846 bits per heavy atom. The van der Waals surface area contributed by atoms with E-state index in [4.69, 9.17) is 0 Å². The van der Waals surface area contributed by atoms with E-state index in [1.807, 2.05) is 27.7 Å². The monoisotopic (exact) mass is 184 g/mol. The largest absolute Gasteiger partial charge is 0.0683 e. The minimum atomic E-state index is 1.17. The molecule has 2 rings (SSSR count). The van der Waals surface area contributed by atoms with E-state index < -0.39 is 0 Å². The Balaban J connectivity index is 0.000000322. The lowest BCUT2D eigenvalue weighted by Gasteiger charge is -2.30. The molecule has 0 bridgehead atoms. The molecule has 0 aromatic rings. The standard InChI is InChI=1S/C9H16.2C2H6/c1-2-5-8(4-1)9-6-3-7-9;2*1-2/h8-9H,1-7H2;2*1-2H3. The third-order valence-electron chi connectivity index (χ3n) is 3.22. The van der Waals surface area contributed by atoms with Gasteiger partial charge in [-0.15, -0.1) is 0 Å². The highest BCUT2D eigenvalue weighted by Crippen LogP contribution is 2.41. The fourth-order valence-electron chi connectivity index (χ4n) is 2.34. The maximum absolute atomic E-state index is 2.00. The van der Waals surface area contributed by atoms with Crippen LogP contribution in [0.4, 0.5) is 0 Å². The smallest absolute Gasteiger partial charge is 0.0386 e. The Morgan fingerprint density at radius 3 is 1.08 bits per heavy atom. The topological polar surface area (TPSA) is 0 Å². The minimum Gasteiger partial charge on any atom is -0.0683 e. The van der Waals surface area contributed by atoms with Crippen molar-refractivity contribution in [2.75, 3.05) is 0 Å². The molecule has 0 nitrogen and oxygen atoms in total. The zero-order chi connectivity index (χ0) is 10.1. The van der Waals surface area contributed by atoms with Crippen LogP contribution >= 0.6 is 0 Å². The van der Waals surface area contributed by atoms with Crippen LogP contribution in [0.15, 0.2) is 0 Å². The van der Waals surface area contributed by atoms with Gasteiger partial charge < -0.3 is 0 Å². The highest BCUT2D eigenvalue weighted by molar-refractivity contribution is 4.80. The van der Waals surface area contributed by atoms with Crippen molar-refractivity contribution in [3.63, 3.8) is 0 Å². The number of hydrogen-bond acceptors (Lipinski definition) is 0. The summed E-state index contributed by atoms with van der Waals surface area (Å²) in [4.78, 5) is 0. The molecule has 0 aromatic carbocycles. The van der Waals surface area contributed by atoms with Gasteiger partial charge in [-0.05, 0) is 11.8 Å². The molecule has 2 saturated carbocycles. The maximum Gasteiger partial charge on any atom is -0.0386 e. The van der Waals surface area contributed by atoms with Crippen LogP contribution in [-0.2, 0) is 0 Å². The molecule has 2 aliphatic rings. The third-order valence-corrected chi connectivity index (χ3v) is 3.22. The van der Waals surface area contributed by atoms with Gasteiger partial charge in [0, 0.05) is 0 Å². The fourth-order valence-corrected chi connectivity index (χ4v) is 2.34. The SMILES string of the molecule is C1CCC(C2CCC2)C1.CC.CC. The van der Waals surface area contributed by atoms with Gasteiger partial charge in [0.2, 0.25) is 0 Å². The second-order valence-corrected chi connectivity index (χ2v) is 3.74. The van der Waals surface area contributed by atoms with Gasteiger partial charge in [0.05, 0.1) is 0 Å². The normalized spacial score (nSPS) is 22.2. The summed E-state index contributed by atoms with van der Waals surface area (Å²) in [5.74, 6) is 2.34. The first kappa shape index (κ1) is 13.0. The molecular weight excluding hydrogens is 156 g/mol. The van der Waals surface area contributed by atoms with E-state index in [0.29, 0.717) is 0 Å². The van der Waals surface area contributed by atoms with E-state index in [0.717, 1.165) is 0 Å². The Hall–Kier alpha value is 0. The first-order chi connectivity index (χ1) is 6.47. The van der Waals surface area contributed by atoms with Crippen molar-refractivity contribution in [2.24, 2.45) is 11.8 Å². The Bertz CT molecular complexity index is 86.2. The summed E-state index contributed by atoms with van der Waals surface area (Å²) in [5.41, 5.74) is 0. The quantitative estimate of drug-likeness (QED) is 0.536. The molecule has 0 aliphatic heterocycles. The van der Waals surface area contributed by atoms with Crippen LogP contribution < -0.4 is 0 Å². The van der Waals surface area contributed by atoms with Gasteiger partial charge in [-0.25, -0.2) is 0 Å². The van der Waals surface area contributed by atoms with Gasteiger partial charge in [-0.3, -0.25) is 0 Å². The van der Waals surface area contributed by atoms with Gasteiger partial charge in [0.15, 0.2) is 0 Å². The van der Waals surface area contributed by atoms with Crippen molar-refractivity contribution in [1.29, 1.82) is 0 Å². The molecule has 0 saturated heterocycles. The van der Waals surface area contributed by atoms with Crippen LogP contribution in [0.25, 0.3) is 0 Å². The summed E-state index contributed by atoms with van der Waals surface area (Å²) < 4.78 is 0. The van der Waals surface area contributed by atoms with E-state index in [9.17, 15) is 0 Å². The summed E-state index contributed by atoms with van der Waals surface area (Å²) in [6.45, 7) is 8.00. The van der Waals surface area contributed by atoms with Gasteiger partial charge in [0.25, 0.3) is 0 Å². The lowest BCUT2D eigenvalue weighted by molar-refractivity contribution is 0.210. The predicted octanol–water partition coefficient (Wildman–Crippen LogP) is 5.03. The van der Waals surface area contributed by atoms with E-state index in [2.05, 4.69) is 0 Å². The average molecular weight is 184 g/mol. The molecule has 2 aliphatic carbocycles. The zero-order valence-corrected chi connectivity index (χ0v) is 10.1. The maximum atomic E-state index is 2.00. The zero-order valence-electron chi connectivity index (χ0n) is 10.1. The summed E-state index contributed by atoms with van der Waals surface area (Å²) in [5, 5.41) is 0. The minimum absolute atomic E-state index is 1.17. The molecule has 0 heterocycles. The van der Waals surface area contributed by atoms with Crippen molar-refractivity contribution in [2.45, 2.75) is 72.6 Å². The average Bonchev–Trinajstić information content (AvgIpc) is 2.62. The van der Waals surface area contributed by atoms with Crippen molar-refractivity contribution in [3.05, 3.63) is 0 Å². The van der Waals surface area contributed by atoms with Crippen LogP contribution in [0, 0.1) is 11.8 Å². The van der Waals surface area contributed by atoms with Gasteiger partial charge in [0.1, 0.15) is 0 Å². The lowest BCUT2D eigenvalue weighted by Crippen LogP contribution is -2.19. The van der Waals surface area contributed by atoms with Crippen molar-refractivity contribution < 1.29 is 0 Å². The Kier molecular flexibility index (Phi) is 8.59. The molecular formula is C13H28. The summed E-state index contributed by atoms with van der Waals surface area (Å²) >= 11 is 0. The molecule has 0 spiro atoms. The summed E-state index contributed by atoms with van der Waals surface area (Å²) in [6, 6.07) is 0. The Morgan fingerprint density at radius 1 is 0.538 bits per heavy atom. The predicted molar refractivity (Wildman–Crippen MR) is 62.0 cm³/mol. The molecule has 0 atom stereocenters. The van der Waals surface area contributed by atoms with Gasteiger partial charge >= 0.3 is 0 Å². The molecule has 13 heavy (non-hydrogen) atoms. The van der Waals surface area contributed by atoms with E-state index >= 15 is 0 Å². The molecule has 0 amide bonds. The van der Waals surface area contributed by atoms with Crippen molar-refractivity contribution in [3.8, 4) is 0 Å². The molecule has 2 fully saturated rings. The van der Waals surface area contributed by atoms with Crippen LogP contribution in [0.5, 0.6) is 0 Å². The first-order valence-electron chi connectivity index (χ1n) is 6.47. The van der Waals surface area contributed by atoms with Crippen LogP contribution in [0.2, 0.25) is 0 Å². The molecule has 0 radical (unpaired) electrons. The van der Waals surface area contributed by atoms with Crippen molar-refractivity contribution >= 4 is 0 Å². The number of rotatable bonds is 1. The molecule has 0 N–H and O–H groups in total. The van der Waals surface area contributed by atoms with E-state index in [1.54, 1.807) is 25.7 Å². The van der Waals surface area contributed by atoms with E-state index in [-0.39, 0.29) is 0 Å². The highest BCUT2D eigenvalue weighted by Gasteiger charge is 2.28. The first-order valence-corrected chi connectivity index (χ1v) is 6.47.